The van der Waals surface area contributed by atoms with Crippen molar-refractivity contribution in [1.29, 1.82) is 0 Å². The lowest BCUT2D eigenvalue weighted by Crippen LogP contribution is -2.40. The van der Waals surface area contributed by atoms with Crippen molar-refractivity contribution >= 4 is 17.7 Å². The van der Waals surface area contributed by atoms with E-state index in [1.807, 2.05) is 30.5 Å². The molecule has 9 heteroatoms. The van der Waals surface area contributed by atoms with Crippen LogP contribution in [-0.2, 0) is 11.3 Å². The summed E-state index contributed by atoms with van der Waals surface area (Å²) in [4.78, 5) is 27.3. The second-order valence-electron chi connectivity index (χ2n) is 6.73. The van der Waals surface area contributed by atoms with Gasteiger partial charge in [0.05, 0.1) is 0 Å². The number of pyridine rings is 1. The summed E-state index contributed by atoms with van der Waals surface area (Å²) in [7, 11) is 0. The van der Waals surface area contributed by atoms with E-state index in [0.29, 0.717) is 12.4 Å². The molecule has 0 bridgehead atoms. The molecule has 0 aliphatic carbocycles. The summed E-state index contributed by atoms with van der Waals surface area (Å²) in [6.45, 7) is 1.97. The zero-order valence-corrected chi connectivity index (χ0v) is 15.4. The number of piperidine rings is 1. The summed E-state index contributed by atoms with van der Waals surface area (Å²) in [5, 5.41) is 7.19. The Morgan fingerprint density at radius 2 is 2.00 bits per heavy atom. The highest BCUT2D eigenvalue weighted by Crippen LogP contribution is 2.24. The molecule has 28 heavy (non-hydrogen) atoms. The number of aromatic nitrogens is 5. The number of hydrogen-bond acceptors (Lipinski definition) is 7. The van der Waals surface area contributed by atoms with Gasteiger partial charge in [0.2, 0.25) is 11.9 Å². The molecule has 4 heterocycles. The standard InChI is InChI=1S/C19H22N8O/c20-19-24-16(11-17(25-19)27-8-2-7-23-27)26-9-4-15(5-10-26)18(28)22-13-14-3-1-6-21-12-14/h1-3,6-8,11-12,15H,4-5,9-10,13H2,(H,22,28)(H2,20,24,25). The molecule has 1 fully saturated rings. The molecule has 0 unspecified atom stereocenters. The Hall–Kier alpha value is -3.49. The lowest BCUT2D eigenvalue weighted by molar-refractivity contribution is -0.125. The summed E-state index contributed by atoms with van der Waals surface area (Å²) in [6, 6.07) is 7.51. The summed E-state index contributed by atoms with van der Waals surface area (Å²) >= 11 is 0. The first-order valence-electron chi connectivity index (χ1n) is 9.25. The SMILES string of the molecule is Nc1nc(N2CCC(C(=O)NCc3cccnc3)CC2)cc(-n2cccn2)n1. The van der Waals surface area contributed by atoms with Crippen molar-refractivity contribution in [2.45, 2.75) is 19.4 Å². The highest BCUT2D eigenvalue weighted by atomic mass is 16.1. The third-order valence-corrected chi connectivity index (χ3v) is 4.83. The third-order valence-electron chi connectivity index (χ3n) is 4.83. The van der Waals surface area contributed by atoms with E-state index in [0.717, 1.165) is 37.3 Å². The molecule has 3 aromatic heterocycles. The Balaban J connectivity index is 1.36. The Morgan fingerprint density at radius 3 is 2.71 bits per heavy atom. The van der Waals surface area contributed by atoms with Gasteiger partial charge in [-0.2, -0.15) is 15.1 Å². The van der Waals surface area contributed by atoms with Crippen LogP contribution in [-0.4, -0.2) is 43.7 Å². The van der Waals surface area contributed by atoms with Crippen molar-refractivity contribution in [1.82, 2.24) is 30.0 Å². The molecular formula is C19H22N8O. The molecule has 4 rings (SSSR count). The maximum absolute atomic E-state index is 12.5. The van der Waals surface area contributed by atoms with E-state index < -0.39 is 0 Å². The van der Waals surface area contributed by atoms with Gasteiger partial charge >= 0.3 is 0 Å². The van der Waals surface area contributed by atoms with Crippen LogP contribution in [0.15, 0.2) is 49.1 Å². The Morgan fingerprint density at radius 1 is 1.18 bits per heavy atom. The van der Waals surface area contributed by atoms with E-state index >= 15 is 0 Å². The number of nitrogens with one attached hydrogen (secondary N) is 1. The highest BCUT2D eigenvalue weighted by Gasteiger charge is 2.26. The number of anilines is 2. The van der Waals surface area contributed by atoms with Crippen LogP contribution in [0.25, 0.3) is 5.82 Å². The van der Waals surface area contributed by atoms with Gasteiger partial charge in [0.15, 0.2) is 5.82 Å². The monoisotopic (exact) mass is 378 g/mol. The van der Waals surface area contributed by atoms with E-state index in [9.17, 15) is 4.79 Å². The molecule has 3 N–H and O–H groups in total. The van der Waals surface area contributed by atoms with Crippen LogP contribution in [0.2, 0.25) is 0 Å². The molecule has 1 saturated heterocycles. The number of hydrogen-bond donors (Lipinski definition) is 2. The molecule has 0 spiro atoms. The smallest absolute Gasteiger partial charge is 0.224 e. The number of rotatable bonds is 5. The molecule has 1 aliphatic heterocycles. The fourth-order valence-electron chi connectivity index (χ4n) is 3.33. The number of nitrogen functional groups attached to an aromatic ring is 1. The van der Waals surface area contributed by atoms with E-state index in [1.54, 1.807) is 23.3 Å². The minimum absolute atomic E-state index is 0.00214. The first kappa shape index (κ1) is 17.9. The molecular weight excluding hydrogens is 356 g/mol. The Bertz CT molecular complexity index is 920. The second kappa shape index (κ2) is 8.03. The molecule has 0 saturated carbocycles. The Kier molecular flexibility index (Phi) is 5.14. The van der Waals surface area contributed by atoms with Gasteiger partial charge in [-0.25, -0.2) is 4.68 Å². The third kappa shape index (κ3) is 4.08. The normalized spacial score (nSPS) is 14.8. The van der Waals surface area contributed by atoms with E-state index in [4.69, 9.17) is 5.73 Å². The molecule has 9 nitrogen and oxygen atoms in total. The van der Waals surface area contributed by atoms with Crippen LogP contribution in [0.1, 0.15) is 18.4 Å². The van der Waals surface area contributed by atoms with Crippen LogP contribution in [0.5, 0.6) is 0 Å². The van der Waals surface area contributed by atoms with Crippen LogP contribution < -0.4 is 16.0 Å². The zero-order valence-electron chi connectivity index (χ0n) is 15.4. The zero-order chi connectivity index (χ0) is 19.3. The number of carbonyl (C=O) groups is 1. The maximum Gasteiger partial charge on any atom is 0.224 e. The van der Waals surface area contributed by atoms with Crippen molar-refractivity contribution < 1.29 is 4.79 Å². The van der Waals surface area contributed by atoms with Gasteiger partial charge in [-0.1, -0.05) is 6.07 Å². The molecule has 3 aromatic rings. The predicted octanol–water partition coefficient (Wildman–Crippen LogP) is 1.17. The molecule has 1 amide bonds. The summed E-state index contributed by atoms with van der Waals surface area (Å²) < 4.78 is 1.65. The molecule has 0 aromatic carbocycles. The van der Waals surface area contributed by atoms with Gasteiger partial charge in [-0.05, 0) is 30.5 Å². The van der Waals surface area contributed by atoms with Gasteiger partial charge in [0.1, 0.15) is 5.82 Å². The van der Waals surface area contributed by atoms with Crippen LogP contribution in [0.4, 0.5) is 11.8 Å². The predicted molar refractivity (Wildman–Crippen MR) is 105 cm³/mol. The van der Waals surface area contributed by atoms with Crippen molar-refractivity contribution in [3.8, 4) is 5.82 Å². The van der Waals surface area contributed by atoms with Gasteiger partial charge in [-0.3, -0.25) is 9.78 Å². The fraction of sp³-hybridized carbons (Fsp3) is 0.316. The first-order chi connectivity index (χ1) is 13.7. The van der Waals surface area contributed by atoms with Gasteiger partial charge in [0.25, 0.3) is 0 Å². The molecule has 144 valence electrons. The lowest BCUT2D eigenvalue weighted by atomic mass is 9.96. The van der Waals surface area contributed by atoms with E-state index in [-0.39, 0.29) is 17.8 Å². The largest absolute Gasteiger partial charge is 0.368 e. The van der Waals surface area contributed by atoms with Gasteiger partial charge in [0, 0.05) is 56.4 Å². The van der Waals surface area contributed by atoms with E-state index in [1.165, 1.54) is 0 Å². The van der Waals surface area contributed by atoms with Crippen LogP contribution >= 0.6 is 0 Å². The summed E-state index contributed by atoms with van der Waals surface area (Å²) in [5.41, 5.74) is 6.88. The fourth-order valence-corrected chi connectivity index (χ4v) is 3.33. The minimum Gasteiger partial charge on any atom is -0.368 e. The van der Waals surface area contributed by atoms with Crippen molar-refractivity contribution in [3.63, 3.8) is 0 Å². The maximum atomic E-state index is 12.5. The summed E-state index contributed by atoms with van der Waals surface area (Å²) in [5.74, 6) is 1.68. The molecule has 1 aliphatic rings. The minimum atomic E-state index is -0.00214. The number of nitrogens with zero attached hydrogens (tertiary/aromatic N) is 6. The van der Waals surface area contributed by atoms with Gasteiger partial charge in [-0.15, -0.1) is 0 Å². The van der Waals surface area contributed by atoms with Crippen molar-refractivity contribution in [2.24, 2.45) is 5.92 Å². The average Bonchev–Trinajstić information content (AvgIpc) is 3.27. The first-order valence-corrected chi connectivity index (χ1v) is 9.25. The van der Waals surface area contributed by atoms with Crippen molar-refractivity contribution in [3.05, 3.63) is 54.6 Å². The highest BCUT2D eigenvalue weighted by molar-refractivity contribution is 5.79. The molecule has 0 atom stereocenters. The van der Waals surface area contributed by atoms with Crippen LogP contribution in [0.3, 0.4) is 0 Å². The van der Waals surface area contributed by atoms with E-state index in [2.05, 4.69) is 30.3 Å². The lowest BCUT2D eigenvalue weighted by Gasteiger charge is -2.32. The van der Waals surface area contributed by atoms with Crippen LogP contribution in [0, 0.1) is 5.92 Å². The topological polar surface area (TPSA) is 115 Å². The number of carbonyl (C=O) groups excluding carboxylic acids is 1. The quantitative estimate of drug-likeness (QED) is 0.685. The second-order valence-corrected chi connectivity index (χ2v) is 6.73. The number of nitrogens with two attached hydrogens (primary N) is 1. The molecule has 0 radical (unpaired) electrons. The van der Waals surface area contributed by atoms with Crippen molar-refractivity contribution in [2.75, 3.05) is 23.7 Å². The van der Waals surface area contributed by atoms with Gasteiger partial charge < -0.3 is 16.0 Å². The average molecular weight is 378 g/mol. The number of amides is 1. The Labute approximate surface area is 162 Å². The summed E-state index contributed by atoms with van der Waals surface area (Å²) in [6.07, 6.45) is 8.51.